The van der Waals surface area contributed by atoms with Gasteiger partial charge in [-0.15, -0.1) is 0 Å². The molecule has 3 N–H and O–H groups in total. The fourth-order valence-electron chi connectivity index (χ4n) is 2.05. The topological polar surface area (TPSA) is 63.8 Å². The third-order valence-electron chi connectivity index (χ3n) is 3.01. The quantitative estimate of drug-likeness (QED) is 0.721. The van der Waals surface area contributed by atoms with Crippen LogP contribution in [0.15, 0.2) is 53.3 Å². The Labute approximate surface area is 125 Å². The Morgan fingerprint density at radius 1 is 1.10 bits per heavy atom. The van der Waals surface area contributed by atoms with Crippen LogP contribution in [0.25, 0.3) is 10.9 Å². The molecule has 1 heterocycles. The van der Waals surface area contributed by atoms with E-state index < -0.39 is 0 Å². The zero-order chi connectivity index (χ0) is 13.9. The van der Waals surface area contributed by atoms with Crippen molar-refractivity contribution < 1.29 is 0 Å². The second kappa shape index (κ2) is 5.46. The second-order valence-electron chi connectivity index (χ2n) is 4.48. The van der Waals surface area contributed by atoms with Crippen LogP contribution in [-0.4, -0.2) is 9.97 Å². The third kappa shape index (κ3) is 2.72. The number of nitrogens with two attached hydrogens (primary N) is 1. The molecule has 3 aromatic rings. The molecule has 0 atom stereocenters. The van der Waals surface area contributed by atoms with Crippen LogP contribution >= 0.6 is 15.9 Å². The molecule has 0 saturated carbocycles. The fourth-order valence-corrected chi connectivity index (χ4v) is 2.49. The summed E-state index contributed by atoms with van der Waals surface area (Å²) in [6.45, 7) is 0.695. The van der Waals surface area contributed by atoms with Crippen LogP contribution in [-0.2, 0) is 6.54 Å². The van der Waals surface area contributed by atoms with Gasteiger partial charge in [0.1, 0.15) is 12.1 Å². The van der Waals surface area contributed by atoms with Crippen molar-refractivity contribution in [2.24, 2.45) is 0 Å². The number of benzene rings is 2. The van der Waals surface area contributed by atoms with E-state index >= 15 is 0 Å². The molecule has 0 aliphatic carbocycles. The van der Waals surface area contributed by atoms with Gasteiger partial charge in [0.15, 0.2) is 0 Å². The average molecular weight is 329 g/mol. The van der Waals surface area contributed by atoms with E-state index in [4.69, 9.17) is 5.73 Å². The summed E-state index contributed by atoms with van der Waals surface area (Å²) >= 11 is 3.47. The Kier molecular flexibility index (Phi) is 3.52. The molecule has 0 unspecified atom stereocenters. The van der Waals surface area contributed by atoms with Gasteiger partial charge in [-0.1, -0.05) is 28.1 Å². The van der Waals surface area contributed by atoms with Gasteiger partial charge in [0.05, 0.1) is 5.52 Å². The minimum atomic E-state index is 0.695. The number of nitrogens with one attached hydrogen (secondary N) is 1. The van der Waals surface area contributed by atoms with Crippen molar-refractivity contribution in [2.75, 3.05) is 11.1 Å². The first-order valence-corrected chi connectivity index (χ1v) is 7.00. The lowest BCUT2D eigenvalue weighted by molar-refractivity contribution is 1.10. The van der Waals surface area contributed by atoms with Gasteiger partial charge in [0.25, 0.3) is 0 Å². The van der Waals surface area contributed by atoms with Gasteiger partial charge in [-0.25, -0.2) is 9.97 Å². The number of halogens is 1. The largest absolute Gasteiger partial charge is 0.399 e. The minimum absolute atomic E-state index is 0.695. The van der Waals surface area contributed by atoms with Gasteiger partial charge in [-0.05, 0) is 35.9 Å². The van der Waals surface area contributed by atoms with Crippen molar-refractivity contribution in [3.8, 4) is 0 Å². The summed E-state index contributed by atoms with van der Waals surface area (Å²) in [4.78, 5) is 8.53. The lowest BCUT2D eigenvalue weighted by atomic mass is 10.2. The maximum atomic E-state index is 5.83. The van der Waals surface area contributed by atoms with E-state index in [9.17, 15) is 0 Å². The highest BCUT2D eigenvalue weighted by molar-refractivity contribution is 9.10. The summed E-state index contributed by atoms with van der Waals surface area (Å²) in [5.74, 6) is 0.794. The van der Waals surface area contributed by atoms with Crippen LogP contribution in [0.4, 0.5) is 11.5 Å². The minimum Gasteiger partial charge on any atom is -0.399 e. The van der Waals surface area contributed by atoms with E-state index in [-0.39, 0.29) is 0 Å². The molecule has 2 aromatic carbocycles. The van der Waals surface area contributed by atoms with E-state index in [1.54, 1.807) is 6.33 Å². The summed E-state index contributed by atoms with van der Waals surface area (Å²) < 4.78 is 1.06. The fraction of sp³-hybridized carbons (Fsp3) is 0.0667. The molecule has 100 valence electrons. The van der Waals surface area contributed by atoms with Crippen molar-refractivity contribution in [3.05, 3.63) is 58.8 Å². The Morgan fingerprint density at radius 3 is 2.85 bits per heavy atom. The van der Waals surface area contributed by atoms with Gasteiger partial charge < -0.3 is 11.1 Å². The first kappa shape index (κ1) is 12.9. The van der Waals surface area contributed by atoms with Gasteiger partial charge in [0.2, 0.25) is 0 Å². The number of anilines is 2. The van der Waals surface area contributed by atoms with Gasteiger partial charge in [-0.2, -0.15) is 0 Å². The van der Waals surface area contributed by atoms with Crippen LogP contribution in [0.1, 0.15) is 5.56 Å². The number of rotatable bonds is 3. The first-order chi connectivity index (χ1) is 9.72. The summed E-state index contributed by atoms with van der Waals surface area (Å²) in [6.07, 6.45) is 1.56. The molecule has 3 rings (SSSR count). The Morgan fingerprint density at radius 2 is 2.00 bits per heavy atom. The van der Waals surface area contributed by atoms with Crippen LogP contribution in [0.3, 0.4) is 0 Å². The summed E-state index contributed by atoms with van der Waals surface area (Å²) in [7, 11) is 0. The molecule has 0 radical (unpaired) electrons. The van der Waals surface area contributed by atoms with Crippen LogP contribution in [0.2, 0.25) is 0 Å². The van der Waals surface area contributed by atoms with Gasteiger partial charge in [0, 0.05) is 22.1 Å². The third-order valence-corrected chi connectivity index (χ3v) is 3.50. The lowest BCUT2D eigenvalue weighted by Crippen LogP contribution is -2.02. The Bertz CT molecular complexity index is 758. The smallest absolute Gasteiger partial charge is 0.137 e. The zero-order valence-corrected chi connectivity index (χ0v) is 12.3. The standard InChI is InChI=1S/C15H13BrN4/c16-11-3-1-2-10(6-11)8-18-15-13-7-12(17)4-5-14(13)19-9-20-15/h1-7,9H,8,17H2,(H,18,19,20). The summed E-state index contributed by atoms with van der Waals surface area (Å²) in [5, 5.41) is 4.26. The molecular weight excluding hydrogens is 316 g/mol. The molecule has 0 saturated heterocycles. The molecular formula is C15H13BrN4. The van der Waals surface area contributed by atoms with Crippen molar-refractivity contribution in [1.29, 1.82) is 0 Å². The number of hydrogen-bond donors (Lipinski definition) is 2. The molecule has 0 bridgehead atoms. The van der Waals surface area contributed by atoms with E-state index in [1.807, 2.05) is 30.3 Å². The van der Waals surface area contributed by atoms with Crippen molar-refractivity contribution in [1.82, 2.24) is 9.97 Å². The van der Waals surface area contributed by atoms with Crippen LogP contribution < -0.4 is 11.1 Å². The van der Waals surface area contributed by atoms with E-state index in [0.717, 1.165) is 21.2 Å². The molecule has 0 aliphatic heterocycles. The molecule has 4 nitrogen and oxygen atoms in total. The molecule has 0 amide bonds. The van der Waals surface area contributed by atoms with Crippen LogP contribution in [0, 0.1) is 0 Å². The normalized spacial score (nSPS) is 10.7. The van der Waals surface area contributed by atoms with Crippen LogP contribution in [0.5, 0.6) is 0 Å². The number of nitrogens with zero attached hydrogens (tertiary/aromatic N) is 2. The highest BCUT2D eigenvalue weighted by Crippen LogP contribution is 2.22. The molecule has 20 heavy (non-hydrogen) atoms. The predicted molar refractivity (Wildman–Crippen MR) is 85.4 cm³/mol. The lowest BCUT2D eigenvalue weighted by Gasteiger charge is -2.09. The molecule has 0 fully saturated rings. The van der Waals surface area contributed by atoms with Crippen molar-refractivity contribution >= 4 is 38.3 Å². The highest BCUT2D eigenvalue weighted by Gasteiger charge is 2.04. The summed E-state index contributed by atoms with van der Waals surface area (Å²) in [6, 6.07) is 13.8. The number of nitrogen functional groups attached to an aromatic ring is 1. The van der Waals surface area contributed by atoms with E-state index in [1.165, 1.54) is 5.56 Å². The molecule has 5 heteroatoms. The maximum absolute atomic E-state index is 5.83. The van der Waals surface area contributed by atoms with Gasteiger partial charge in [-0.3, -0.25) is 0 Å². The van der Waals surface area contributed by atoms with Crippen molar-refractivity contribution in [3.63, 3.8) is 0 Å². The van der Waals surface area contributed by atoms with E-state index in [2.05, 4.69) is 43.3 Å². The second-order valence-corrected chi connectivity index (χ2v) is 5.40. The van der Waals surface area contributed by atoms with E-state index in [0.29, 0.717) is 12.2 Å². The van der Waals surface area contributed by atoms with Crippen molar-refractivity contribution in [2.45, 2.75) is 6.54 Å². The predicted octanol–water partition coefficient (Wildman–Crippen LogP) is 3.59. The molecule has 1 aromatic heterocycles. The highest BCUT2D eigenvalue weighted by atomic mass is 79.9. The summed E-state index contributed by atoms with van der Waals surface area (Å²) in [5.41, 5.74) is 8.59. The monoisotopic (exact) mass is 328 g/mol. The Balaban J connectivity index is 1.89. The Hall–Kier alpha value is -2.14. The average Bonchev–Trinajstić information content (AvgIpc) is 2.45. The first-order valence-electron chi connectivity index (χ1n) is 6.21. The number of aromatic nitrogens is 2. The van der Waals surface area contributed by atoms with Gasteiger partial charge >= 0.3 is 0 Å². The molecule has 0 spiro atoms. The SMILES string of the molecule is Nc1ccc2ncnc(NCc3cccc(Br)c3)c2c1. The zero-order valence-electron chi connectivity index (χ0n) is 10.7. The number of hydrogen-bond acceptors (Lipinski definition) is 4. The number of fused-ring (bicyclic) bond motifs is 1. The maximum Gasteiger partial charge on any atom is 0.137 e. The molecule has 0 aliphatic rings.